The van der Waals surface area contributed by atoms with Crippen LogP contribution in [0.5, 0.6) is 0 Å². The number of hydrogen-bond donors (Lipinski definition) is 0. The Morgan fingerprint density at radius 1 is 0.933 bits per heavy atom. The summed E-state index contributed by atoms with van der Waals surface area (Å²) in [6.45, 7) is 1.82. The van der Waals surface area contributed by atoms with E-state index in [-0.39, 0.29) is 21.4 Å². The van der Waals surface area contributed by atoms with Crippen molar-refractivity contribution in [1.82, 2.24) is 4.90 Å². The molecule has 1 aliphatic carbocycles. The molecule has 2 aromatic carbocycles. The lowest BCUT2D eigenvalue weighted by Crippen LogP contribution is -2.41. The summed E-state index contributed by atoms with van der Waals surface area (Å²) in [7, 11) is 0. The number of amides is 1. The molecule has 1 heterocycles. The minimum Gasteiger partial charge on any atom is -0.300 e. The molecule has 0 spiro atoms. The maximum absolute atomic E-state index is 13.4. The Kier molecular flexibility index (Phi) is 6.02. The molecule has 1 fully saturated rings. The molecule has 1 amide bonds. The van der Waals surface area contributed by atoms with E-state index in [9.17, 15) is 18.0 Å². The topological polar surface area (TPSA) is 23.6 Å². The summed E-state index contributed by atoms with van der Waals surface area (Å²) in [4.78, 5) is 15.4. The summed E-state index contributed by atoms with van der Waals surface area (Å²) < 4.78 is 40.2. The number of alkyl halides is 3. The van der Waals surface area contributed by atoms with Gasteiger partial charge in [-0.15, -0.1) is 0 Å². The Morgan fingerprint density at radius 3 is 2.13 bits per heavy atom. The molecule has 0 unspecified atom stereocenters. The van der Waals surface area contributed by atoms with E-state index in [2.05, 4.69) is 4.90 Å². The van der Waals surface area contributed by atoms with Gasteiger partial charge in [0.2, 0.25) is 0 Å². The predicted molar refractivity (Wildman–Crippen MR) is 113 cm³/mol. The van der Waals surface area contributed by atoms with Gasteiger partial charge in [-0.25, -0.2) is 0 Å². The summed E-state index contributed by atoms with van der Waals surface area (Å²) in [5, 5.41) is 0.312. The van der Waals surface area contributed by atoms with Crippen molar-refractivity contribution in [3.63, 3.8) is 0 Å². The Balaban J connectivity index is 1.69. The number of carbonyl (C=O) groups excluding carboxylic acids is 1. The van der Waals surface area contributed by atoms with E-state index in [1.54, 1.807) is 12.1 Å². The SMILES string of the molecule is O=C(N(c1cc(Cl)cc(Cl)c1)c1ccc2c(c1)CCN(C1CCC1)CC2)C(F)(F)F. The smallest absolute Gasteiger partial charge is 0.300 e. The number of nitrogens with zero attached hydrogens (tertiary/aromatic N) is 2. The lowest BCUT2D eigenvalue weighted by Gasteiger charge is -2.36. The molecule has 0 saturated heterocycles. The molecular weight excluding hydrogens is 436 g/mol. The van der Waals surface area contributed by atoms with Crippen LogP contribution in [-0.4, -0.2) is 36.1 Å². The molecule has 2 aromatic rings. The molecule has 1 saturated carbocycles. The standard InChI is InChI=1S/C22H21Cl2F3N2O/c23-16-11-17(24)13-20(12-16)29(21(30)22(25,26)27)19-5-4-14-6-8-28(18-2-1-3-18)9-7-15(14)10-19/h4-5,10-13,18H,1-3,6-9H2. The van der Waals surface area contributed by atoms with Gasteiger partial charge in [-0.1, -0.05) is 35.7 Å². The highest BCUT2D eigenvalue weighted by Gasteiger charge is 2.44. The summed E-state index contributed by atoms with van der Waals surface area (Å²) in [6, 6.07) is 9.74. The van der Waals surface area contributed by atoms with Crippen molar-refractivity contribution in [1.29, 1.82) is 0 Å². The Morgan fingerprint density at radius 2 is 1.57 bits per heavy atom. The second kappa shape index (κ2) is 8.40. The third kappa shape index (κ3) is 4.46. The average Bonchev–Trinajstić information content (AvgIpc) is 2.81. The lowest BCUT2D eigenvalue weighted by atomic mass is 9.91. The van der Waals surface area contributed by atoms with E-state index < -0.39 is 12.1 Å². The number of hydrogen-bond acceptors (Lipinski definition) is 2. The molecule has 4 rings (SSSR count). The van der Waals surface area contributed by atoms with Gasteiger partial charge < -0.3 is 0 Å². The monoisotopic (exact) mass is 456 g/mol. The second-order valence-corrected chi connectivity index (χ2v) is 8.71. The van der Waals surface area contributed by atoms with E-state index in [1.807, 2.05) is 6.07 Å². The van der Waals surface area contributed by atoms with Gasteiger partial charge in [0.15, 0.2) is 0 Å². The average molecular weight is 457 g/mol. The van der Waals surface area contributed by atoms with Gasteiger partial charge in [0.05, 0.1) is 5.69 Å². The highest BCUT2D eigenvalue weighted by Crippen LogP contribution is 2.36. The largest absolute Gasteiger partial charge is 0.472 e. The van der Waals surface area contributed by atoms with Gasteiger partial charge in [0.1, 0.15) is 0 Å². The normalized spacial score (nSPS) is 17.8. The first kappa shape index (κ1) is 21.5. The Hall–Kier alpha value is -1.76. The van der Waals surface area contributed by atoms with Gasteiger partial charge in [0.25, 0.3) is 0 Å². The van der Waals surface area contributed by atoms with Gasteiger partial charge in [-0.3, -0.25) is 14.6 Å². The quantitative estimate of drug-likeness (QED) is 0.550. The summed E-state index contributed by atoms with van der Waals surface area (Å²) in [5.41, 5.74) is 2.23. The molecule has 8 heteroatoms. The van der Waals surface area contributed by atoms with Crippen molar-refractivity contribution < 1.29 is 18.0 Å². The number of benzene rings is 2. The molecule has 0 radical (unpaired) electrons. The van der Waals surface area contributed by atoms with Crippen molar-refractivity contribution in [2.24, 2.45) is 0 Å². The third-order valence-electron chi connectivity index (χ3n) is 5.93. The second-order valence-electron chi connectivity index (χ2n) is 7.84. The maximum atomic E-state index is 13.4. The zero-order valence-electron chi connectivity index (χ0n) is 16.2. The van der Waals surface area contributed by atoms with Crippen LogP contribution in [0.15, 0.2) is 36.4 Å². The Bertz CT molecular complexity index is 940. The molecular formula is C22H21Cl2F3N2O. The first-order valence-electron chi connectivity index (χ1n) is 9.95. The van der Waals surface area contributed by atoms with Crippen LogP contribution in [0.4, 0.5) is 24.5 Å². The number of rotatable bonds is 3. The van der Waals surface area contributed by atoms with Crippen LogP contribution in [0.1, 0.15) is 30.4 Å². The highest BCUT2D eigenvalue weighted by molar-refractivity contribution is 6.35. The van der Waals surface area contributed by atoms with E-state index >= 15 is 0 Å². The molecule has 0 bridgehead atoms. The van der Waals surface area contributed by atoms with Crippen LogP contribution in [0.2, 0.25) is 10.0 Å². The summed E-state index contributed by atoms with van der Waals surface area (Å²) in [5.74, 6) is -1.98. The van der Waals surface area contributed by atoms with Crippen LogP contribution < -0.4 is 4.90 Å². The molecule has 30 heavy (non-hydrogen) atoms. The summed E-state index contributed by atoms with van der Waals surface area (Å²) in [6.07, 6.45) is 0.236. The Labute approximate surface area is 183 Å². The van der Waals surface area contributed by atoms with E-state index in [0.717, 1.165) is 37.1 Å². The molecule has 1 aliphatic heterocycles. The van der Waals surface area contributed by atoms with Crippen LogP contribution >= 0.6 is 23.2 Å². The highest BCUT2D eigenvalue weighted by atomic mass is 35.5. The molecule has 3 nitrogen and oxygen atoms in total. The first-order valence-corrected chi connectivity index (χ1v) is 10.7. The summed E-state index contributed by atoms with van der Waals surface area (Å²) >= 11 is 12.0. The lowest BCUT2D eigenvalue weighted by molar-refractivity contribution is -0.169. The van der Waals surface area contributed by atoms with Crippen LogP contribution in [0.25, 0.3) is 0 Å². The fraction of sp³-hybridized carbons (Fsp3) is 0.409. The minimum atomic E-state index is -5.04. The van der Waals surface area contributed by atoms with E-state index in [0.29, 0.717) is 10.9 Å². The predicted octanol–water partition coefficient (Wildman–Crippen LogP) is 6.17. The van der Waals surface area contributed by atoms with Crippen molar-refractivity contribution in [2.45, 2.75) is 44.3 Å². The number of carbonyl (C=O) groups is 1. The first-order chi connectivity index (χ1) is 14.2. The van der Waals surface area contributed by atoms with Crippen molar-refractivity contribution in [2.75, 3.05) is 18.0 Å². The van der Waals surface area contributed by atoms with E-state index in [1.165, 1.54) is 37.5 Å². The number of fused-ring (bicyclic) bond motifs is 1. The third-order valence-corrected chi connectivity index (χ3v) is 6.36. The van der Waals surface area contributed by atoms with Gasteiger partial charge in [-0.05, 0) is 67.1 Å². The fourth-order valence-electron chi connectivity index (χ4n) is 4.16. The minimum absolute atomic E-state index is 0.0144. The maximum Gasteiger partial charge on any atom is 0.472 e. The van der Waals surface area contributed by atoms with Crippen molar-refractivity contribution in [3.8, 4) is 0 Å². The van der Waals surface area contributed by atoms with Gasteiger partial charge >= 0.3 is 12.1 Å². The zero-order chi connectivity index (χ0) is 21.5. The number of anilines is 2. The molecule has 0 aromatic heterocycles. The van der Waals surface area contributed by atoms with Crippen LogP contribution in [0, 0.1) is 0 Å². The zero-order valence-corrected chi connectivity index (χ0v) is 17.7. The molecule has 2 aliphatic rings. The van der Waals surface area contributed by atoms with Crippen molar-refractivity contribution >= 4 is 40.5 Å². The fourth-order valence-corrected chi connectivity index (χ4v) is 4.68. The molecule has 0 atom stereocenters. The van der Waals surface area contributed by atoms with Crippen molar-refractivity contribution in [3.05, 3.63) is 57.6 Å². The van der Waals surface area contributed by atoms with E-state index in [4.69, 9.17) is 23.2 Å². The van der Waals surface area contributed by atoms with Crippen LogP contribution in [-0.2, 0) is 17.6 Å². The number of halogens is 5. The van der Waals surface area contributed by atoms with Gasteiger partial charge in [-0.2, -0.15) is 13.2 Å². The van der Waals surface area contributed by atoms with Gasteiger partial charge in [0, 0.05) is 34.9 Å². The van der Waals surface area contributed by atoms with Crippen LogP contribution in [0.3, 0.4) is 0 Å². The molecule has 0 N–H and O–H groups in total. The molecule has 160 valence electrons.